The van der Waals surface area contributed by atoms with Gasteiger partial charge in [-0.15, -0.1) is 0 Å². The Balaban J connectivity index is 1.53. The number of carbonyl (C=O) groups is 2. The van der Waals surface area contributed by atoms with Crippen LogP contribution in [-0.2, 0) is 24.4 Å². The summed E-state index contributed by atoms with van der Waals surface area (Å²) in [6, 6.07) is 5.31. The number of amides is 1. The number of nitrogens with two attached hydrogens (primary N) is 2. The van der Waals surface area contributed by atoms with Crippen LogP contribution in [0.25, 0.3) is 0 Å². The molecule has 1 aliphatic heterocycles. The van der Waals surface area contributed by atoms with Gasteiger partial charge >= 0.3 is 5.97 Å². The maximum absolute atomic E-state index is 12.6. The first kappa shape index (κ1) is 25.6. The second-order valence-corrected chi connectivity index (χ2v) is 9.38. The van der Waals surface area contributed by atoms with Gasteiger partial charge < -0.3 is 31.3 Å². The number of sulfonamides is 1. The van der Waals surface area contributed by atoms with Gasteiger partial charge in [0.15, 0.2) is 11.7 Å². The predicted octanol–water partition coefficient (Wildman–Crippen LogP) is -0.373. The Morgan fingerprint density at radius 3 is 2.51 bits per heavy atom. The first-order chi connectivity index (χ1) is 16.5. The lowest BCUT2D eigenvalue weighted by atomic mass is 10.0. The Morgan fingerprint density at radius 2 is 1.94 bits per heavy atom. The Labute approximate surface area is 200 Å². The zero-order valence-corrected chi connectivity index (χ0v) is 19.7. The highest BCUT2D eigenvalue weighted by atomic mass is 32.2. The summed E-state index contributed by atoms with van der Waals surface area (Å²) in [4.78, 5) is 32.9. The number of aliphatic carboxylic acids is 1. The van der Waals surface area contributed by atoms with Gasteiger partial charge in [-0.05, 0) is 31.5 Å². The first-order valence-corrected chi connectivity index (χ1v) is 11.8. The Kier molecular flexibility index (Phi) is 7.71. The molecule has 35 heavy (non-hydrogen) atoms. The minimum atomic E-state index is -4.24. The van der Waals surface area contributed by atoms with Crippen molar-refractivity contribution in [1.82, 2.24) is 15.2 Å². The number of nitrogens with one attached hydrogen (secondary N) is 2. The normalized spacial score (nSPS) is 16.2. The monoisotopic (exact) mass is 507 g/mol. The molecule has 0 saturated carbocycles. The number of hydrogen-bond donors (Lipinski definition) is 5. The molecule has 15 heteroatoms. The van der Waals surface area contributed by atoms with E-state index in [1.54, 1.807) is 24.3 Å². The summed E-state index contributed by atoms with van der Waals surface area (Å²) in [5, 5.41) is 19.4. The highest BCUT2D eigenvalue weighted by molar-refractivity contribution is 7.89. The van der Waals surface area contributed by atoms with Gasteiger partial charge in [0, 0.05) is 13.0 Å². The molecule has 0 saturated heterocycles. The lowest BCUT2D eigenvalue weighted by Crippen LogP contribution is -2.48. The van der Waals surface area contributed by atoms with E-state index in [9.17, 15) is 23.1 Å². The minimum absolute atomic E-state index is 0.0169. The fourth-order valence-corrected chi connectivity index (χ4v) is 4.88. The Morgan fingerprint density at radius 1 is 1.26 bits per heavy atom. The Bertz CT molecular complexity index is 1250. The van der Waals surface area contributed by atoms with Gasteiger partial charge in [0.05, 0.1) is 17.8 Å². The van der Waals surface area contributed by atoms with Crippen molar-refractivity contribution in [1.29, 1.82) is 0 Å². The number of carboxylic acids is 1. The smallest absolute Gasteiger partial charge is 0.323 e. The lowest BCUT2D eigenvalue weighted by Gasteiger charge is -2.16. The number of nitrogens with zero attached hydrogens (tertiary/aromatic N) is 3. The predicted molar refractivity (Wildman–Crippen MR) is 123 cm³/mol. The standard InChI is InChI=1S/C20H25N7O7S/c1-10-18(11(2)33-25-10)35(31,32)27-16(19(29)30)9-23-17(28)8-14-7-15(26-34-14)12-3-5-13(6-4-12)24-20(21)22/h3-6,14,16,27H,7-9H2,1-2H3,(H,23,28)(H,29,30)(H4,21,22,24)/t14-,16-/m1/s1. The third kappa shape index (κ3) is 6.54. The van der Waals surface area contributed by atoms with Crippen LogP contribution < -0.4 is 21.5 Å². The average molecular weight is 508 g/mol. The van der Waals surface area contributed by atoms with Crippen molar-refractivity contribution >= 4 is 39.3 Å². The van der Waals surface area contributed by atoms with Crippen LogP contribution in [0.1, 0.15) is 29.9 Å². The quantitative estimate of drug-likeness (QED) is 0.207. The van der Waals surface area contributed by atoms with E-state index >= 15 is 0 Å². The second-order valence-electron chi connectivity index (χ2n) is 7.73. The maximum atomic E-state index is 12.6. The number of aryl methyl sites for hydroxylation is 2. The van der Waals surface area contributed by atoms with Gasteiger partial charge in [-0.3, -0.25) is 9.59 Å². The Hall–Kier alpha value is -3.98. The van der Waals surface area contributed by atoms with Crippen LogP contribution in [0.3, 0.4) is 0 Å². The molecule has 0 aliphatic carbocycles. The van der Waals surface area contributed by atoms with Crippen LogP contribution in [0.4, 0.5) is 5.69 Å². The van der Waals surface area contributed by atoms with Gasteiger partial charge in [0.25, 0.3) is 0 Å². The van der Waals surface area contributed by atoms with Crippen molar-refractivity contribution in [3.05, 3.63) is 41.3 Å². The molecular formula is C20H25N7O7S. The zero-order valence-electron chi connectivity index (χ0n) is 18.9. The molecule has 7 N–H and O–H groups in total. The highest BCUT2D eigenvalue weighted by Crippen LogP contribution is 2.21. The van der Waals surface area contributed by atoms with Gasteiger partial charge in [-0.2, -0.15) is 4.72 Å². The van der Waals surface area contributed by atoms with E-state index in [0.29, 0.717) is 17.8 Å². The zero-order chi connectivity index (χ0) is 25.8. The van der Waals surface area contributed by atoms with E-state index in [2.05, 4.69) is 20.6 Å². The minimum Gasteiger partial charge on any atom is -0.480 e. The maximum Gasteiger partial charge on any atom is 0.323 e. The van der Waals surface area contributed by atoms with Crippen molar-refractivity contribution in [2.45, 2.75) is 43.7 Å². The molecule has 3 rings (SSSR count). The summed E-state index contributed by atoms with van der Waals surface area (Å²) in [6.45, 7) is 2.32. The fourth-order valence-electron chi connectivity index (χ4n) is 3.36. The van der Waals surface area contributed by atoms with Crippen molar-refractivity contribution in [2.24, 2.45) is 21.6 Å². The van der Waals surface area contributed by atoms with E-state index in [-0.39, 0.29) is 28.7 Å². The number of benzene rings is 1. The summed E-state index contributed by atoms with van der Waals surface area (Å²) in [5.41, 5.74) is 12.7. The highest BCUT2D eigenvalue weighted by Gasteiger charge is 2.31. The molecule has 0 bridgehead atoms. The molecular weight excluding hydrogens is 482 g/mol. The largest absolute Gasteiger partial charge is 0.480 e. The number of guanidine groups is 1. The van der Waals surface area contributed by atoms with Crippen LogP contribution in [0.15, 0.2) is 43.8 Å². The lowest BCUT2D eigenvalue weighted by molar-refractivity contribution is -0.139. The molecule has 0 fully saturated rings. The molecule has 2 atom stereocenters. The number of aliphatic imine (C=N–C) groups is 1. The number of aromatic nitrogens is 1. The molecule has 2 heterocycles. The first-order valence-electron chi connectivity index (χ1n) is 10.3. The summed E-state index contributed by atoms with van der Waals surface area (Å²) >= 11 is 0. The second kappa shape index (κ2) is 10.5. The van der Waals surface area contributed by atoms with E-state index < -0.39 is 40.6 Å². The van der Waals surface area contributed by atoms with Gasteiger partial charge in [0.2, 0.25) is 15.9 Å². The number of rotatable bonds is 10. The third-order valence-electron chi connectivity index (χ3n) is 4.94. The van der Waals surface area contributed by atoms with Gasteiger partial charge in [0.1, 0.15) is 22.7 Å². The van der Waals surface area contributed by atoms with E-state index in [1.807, 2.05) is 4.72 Å². The van der Waals surface area contributed by atoms with Crippen LogP contribution >= 0.6 is 0 Å². The number of carboxylic acid groups (broad SMARTS) is 1. The van der Waals surface area contributed by atoms with E-state index in [0.717, 1.165) is 5.56 Å². The number of oxime groups is 1. The van der Waals surface area contributed by atoms with Crippen LogP contribution in [0.5, 0.6) is 0 Å². The SMILES string of the molecule is Cc1noc(C)c1S(=O)(=O)N[C@H](CNC(=O)C[C@H]1CC(c2ccc(N=C(N)N)cc2)=NO1)C(=O)O. The van der Waals surface area contributed by atoms with Gasteiger partial charge in [-0.25, -0.2) is 13.4 Å². The number of carbonyl (C=O) groups excluding carboxylic acids is 1. The molecule has 1 amide bonds. The average Bonchev–Trinajstić information content (AvgIpc) is 3.37. The van der Waals surface area contributed by atoms with Crippen molar-refractivity contribution in [3.63, 3.8) is 0 Å². The molecule has 1 aromatic heterocycles. The van der Waals surface area contributed by atoms with Crippen molar-refractivity contribution < 1.29 is 32.5 Å². The van der Waals surface area contributed by atoms with Gasteiger partial charge in [-0.1, -0.05) is 22.4 Å². The summed E-state index contributed by atoms with van der Waals surface area (Å²) in [6.07, 6.45) is -0.331. The van der Waals surface area contributed by atoms with Crippen LogP contribution in [-0.4, -0.2) is 60.9 Å². The van der Waals surface area contributed by atoms with E-state index in [4.69, 9.17) is 20.8 Å². The van der Waals surface area contributed by atoms with Crippen molar-refractivity contribution in [2.75, 3.05) is 6.54 Å². The molecule has 2 aromatic rings. The molecule has 1 aromatic carbocycles. The molecule has 1 aliphatic rings. The molecule has 188 valence electrons. The van der Waals surface area contributed by atoms with Crippen LogP contribution in [0, 0.1) is 13.8 Å². The molecule has 0 spiro atoms. The summed E-state index contributed by atoms with van der Waals surface area (Å²) in [5.74, 6) is -2.04. The topological polar surface area (TPSA) is 225 Å². The van der Waals surface area contributed by atoms with Crippen molar-refractivity contribution in [3.8, 4) is 0 Å². The van der Waals surface area contributed by atoms with E-state index in [1.165, 1.54) is 13.8 Å². The number of hydrogen-bond acceptors (Lipinski definition) is 9. The molecule has 14 nitrogen and oxygen atoms in total. The summed E-state index contributed by atoms with van der Waals surface area (Å²) in [7, 11) is -4.24. The molecule has 0 unspecified atom stereocenters. The third-order valence-corrected chi connectivity index (χ3v) is 6.66. The van der Waals surface area contributed by atoms with Crippen LogP contribution in [0.2, 0.25) is 0 Å². The molecule has 0 radical (unpaired) electrons. The summed E-state index contributed by atoms with van der Waals surface area (Å²) < 4.78 is 32.0. The fraction of sp³-hybridized carbons (Fsp3) is 0.350.